The Hall–Kier alpha value is -1.07. The highest BCUT2D eigenvalue weighted by Crippen LogP contribution is 2.16. The van der Waals surface area contributed by atoms with Gasteiger partial charge in [0.05, 0.1) is 19.5 Å². The van der Waals surface area contributed by atoms with Crippen molar-refractivity contribution in [2.24, 2.45) is 5.73 Å². The molecule has 4 nitrogen and oxygen atoms in total. The van der Waals surface area contributed by atoms with E-state index >= 15 is 0 Å². The molecule has 1 rings (SSSR count). The van der Waals surface area contributed by atoms with Gasteiger partial charge in [-0.25, -0.2) is 0 Å². The smallest absolute Gasteiger partial charge is 0.119 e. The highest BCUT2D eigenvalue weighted by Gasteiger charge is 2.08. The minimum absolute atomic E-state index is 0.0227. The van der Waals surface area contributed by atoms with Gasteiger partial charge in [-0.1, -0.05) is 0 Å². The van der Waals surface area contributed by atoms with E-state index in [9.17, 15) is 4.21 Å². The van der Waals surface area contributed by atoms with Gasteiger partial charge in [0.2, 0.25) is 0 Å². The van der Waals surface area contributed by atoms with Crippen LogP contribution >= 0.6 is 0 Å². The van der Waals surface area contributed by atoms with E-state index in [-0.39, 0.29) is 5.25 Å². The first-order chi connectivity index (χ1) is 8.17. The molecular weight excluding hydrogens is 238 g/mol. The maximum atomic E-state index is 11.6. The van der Waals surface area contributed by atoms with E-state index in [0.717, 1.165) is 11.5 Å². The first kappa shape index (κ1) is 14.0. The molecule has 0 aliphatic rings. The Balaban J connectivity index is 2.33. The number of hydrogen-bond donors (Lipinski definition) is 1. The van der Waals surface area contributed by atoms with Crippen LogP contribution in [-0.2, 0) is 10.8 Å². The minimum atomic E-state index is -0.919. The molecule has 1 aromatic carbocycles. The molecule has 0 aromatic heterocycles. The van der Waals surface area contributed by atoms with E-state index in [2.05, 4.69) is 0 Å². The zero-order valence-corrected chi connectivity index (χ0v) is 11.0. The molecule has 0 saturated heterocycles. The SMILES string of the molecule is COc1ccc(OCCS(=O)C(C)CN)cc1. The Bertz CT molecular complexity index is 353. The molecule has 1 aromatic rings. The Morgan fingerprint density at radius 3 is 2.41 bits per heavy atom. The second-order valence-corrected chi connectivity index (χ2v) is 5.63. The Labute approximate surface area is 105 Å². The van der Waals surface area contributed by atoms with Crippen molar-refractivity contribution in [2.75, 3.05) is 26.0 Å². The van der Waals surface area contributed by atoms with Crippen molar-refractivity contribution >= 4 is 10.8 Å². The lowest BCUT2D eigenvalue weighted by Crippen LogP contribution is -2.25. The van der Waals surface area contributed by atoms with Gasteiger partial charge in [0.1, 0.15) is 11.5 Å². The summed E-state index contributed by atoms with van der Waals surface area (Å²) < 4.78 is 22.1. The fourth-order valence-corrected chi connectivity index (χ4v) is 2.09. The number of benzene rings is 1. The minimum Gasteiger partial charge on any atom is -0.497 e. The normalized spacial score (nSPS) is 14.1. The molecule has 0 saturated carbocycles. The van der Waals surface area contributed by atoms with E-state index in [0.29, 0.717) is 18.9 Å². The molecule has 5 heteroatoms. The van der Waals surface area contributed by atoms with Crippen molar-refractivity contribution in [3.8, 4) is 11.5 Å². The number of hydrogen-bond acceptors (Lipinski definition) is 4. The van der Waals surface area contributed by atoms with Gasteiger partial charge < -0.3 is 15.2 Å². The van der Waals surface area contributed by atoms with Gasteiger partial charge >= 0.3 is 0 Å². The maximum absolute atomic E-state index is 11.6. The van der Waals surface area contributed by atoms with Crippen LogP contribution in [0.1, 0.15) is 6.92 Å². The van der Waals surface area contributed by atoms with Crippen molar-refractivity contribution in [3.63, 3.8) is 0 Å². The Morgan fingerprint density at radius 1 is 1.29 bits per heavy atom. The monoisotopic (exact) mass is 257 g/mol. The van der Waals surface area contributed by atoms with Crippen LogP contribution in [-0.4, -0.2) is 35.5 Å². The molecule has 0 amide bonds. The summed E-state index contributed by atoms with van der Waals surface area (Å²) in [6, 6.07) is 7.31. The van der Waals surface area contributed by atoms with E-state index < -0.39 is 10.8 Å². The third kappa shape index (κ3) is 4.75. The van der Waals surface area contributed by atoms with Gasteiger partial charge in [-0.2, -0.15) is 0 Å². The summed E-state index contributed by atoms with van der Waals surface area (Å²) in [5, 5.41) is 0.0227. The predicted octanol–water partition coefficient (Wildman–Crippen LogP) is 1.17. The second-order valence-electron chi connectivity index (χ2n) is 3.66. The fraction of sp³-hybridized carbons (Fsp3) is 0.500. The highest BCUT2D eigenvalue weighted by molar-refractivity contribution is 7.85. The fourth-order valence-electron chi connectivity index (χ4n) is 1.22. The first-order valence-corrected chi connectivity index (χ1v) is 6.89. The zero-order chi connectivity index (χ0) is 12.7. The van der Waals surface area contributed by atoms with E-state index in [1.165, 1.54) is 0 Å². The van der Waals surface area contributed by atoms with Crippen molar-refractivity contribution in [1.29, 1.82) is 0 Å². The number of methoxy groups -OCH3 is 1. The average molecular weight is 257 g/mol. The van der Waals surface area contributed by atoms with Crippen molar-refractivity contribution < 1.29 is 13.7 Å². The third-order valence-electron chi connectivity index (χ3n) is 2.39. The summed E-state index contributed by atoms with van der Waals surface area (Å²) in [6.45, 7) is 2.75. The van der Waals surface area contributed by atoms with Crippen LogP contribution in [0.15, 0.2) is 24.3 Å². The first-order valence-electron chi connectivity index (χ1n) is 5.51. The summed E-state index contributed by atoms with van der Waals surface area (Å²) >= 11 is 0. The van der Waals surface area contributed by atoms with Crippen LogP contribution in [0, 0.1) is 0 Å². The van der Waals surface area contributed by atoms with Gasteiger partial charge in [0.25, 0.3) is 0 Å². The predicted molar refractivity (Wildman–Crippen MR) is 70.0 cm³/mol. The molecule has 2 unspecified atom stereocenters. The lowest BCUT2D eigenvalue weighted by molar-refractivity contribution is 0.341. The average Bonchev–Trinajstić information content (AvgIpc) is 2.38. The van der Waals surface area contributed by atoms with Crippen LogP contribution in [0.5, 0.6) is 11.5 Å². The summed E-state index contributed by atoms with van der Waals surface area (Å²) in [6.07, 6.45) is 0. The zero-order valence-electron chi connectivity index (χ0n) is 10.2. The van der Waals surface area contributed by atoms with E-state index in [1.54, 1.807) is 7.11 Å². The van der Waals surface area contributed by atoms with Crippen LogP contribution in [0.2, 0.25) is 0 Å². The van der Waals surface area contributed by atoms with Crippen LogP contribution in [0.25, 0.3) is 0 Å². The Kier molecular flexibility index (Phi) is 6.00. The van der Waals surface area contributed by atoms with Gasteiger partial charge in [0, 0.05) is 22.6 Å². The second kappa shape index (κ2) is 7.29. The van der Waals surface area contributed by atoms with Gasteiger partial charge in [-0.15, -0.1) is 0 Å². The van der Waals surface area contributed by atoms with E-state index in [4.69, 9.17) is 15.2 Å². The van der Waals surface area contributed by atoms with Gasteiger partial charge in [-0.3, -0.25) is 4.21 Å². The third-order valence-corrected chi connectivity index (χ3v) is 4.05. The highest BCUT2D eigenvalue weighted by atomic mass is 32.2. The number of ether oxygens (including phenoxy) is 2. The molecule has 2 N–H and O–H groups in total. The van der Waals surface area contributed by atoms with Crippen molar-refractivity contribution in [2.45, 2.75) is 12.2 Å². The Morgan fingerprint density at radius 2 is 1.88 bits per heavy atom. The lowest BCUT2D eigenvalue weighted by atomic mass is 10.3. The molecule has 0 spiro atoms. The molecule has 0 heterocycles. The lowest BCUT2D eigenvalue weighted by Gasteiger charge is -2.10. The molecule has 0 radical (unpaired) electrons. The van der Waals surface area contributed by atoms with Gasteiger partial charge in [0.15, 0.2) is 0 Å². The van der Waals surface area contributed by atoms with Crippen LogP contribution in [0.3, 0.4) is 0 Å². The molecule has 0 bridgehead atoms. The molecule has 0 aliphatic carbocycles. The molecule has 2 atom stereocenters. The standard InChI is InChI=1S/C12H19NO3S/c1-10(9-13)17(14)8-7-16-12-5-3-11(15-2)4-6-12/h3-6,10H,7-9,13H2,1-2H3. The van der Waals surface area contributed by atoms with E-state index in [1.807, 2.05) is 31.2 Å². The van der Waals surface area contributed by atoms with Gasteiger partial charge in [-0.05, 0) is 31.2 Å². The van der Waals surface area contributed by atoms with Crippen molar-refractivity contribution in [1.82, 2.24) is 0 Å². The molecule has 96 valence electrons. The molecular formula is C12H19NO3S. The summed E-state index contributed by atoms with van der Waals surface area (Å²) in [4.78, 5) is 0. The summed E-state index contributed by atoms with van der Waals surface area (Å²) in [5.74, 6) is 2.05. The maximum Gasteiger partial charge on any atom is 0.119 e. The number of rotatable bonds is 7. The molecule has 0 fully saturated rings. The van der Waals surface area contributed by atoms with Crippen molar-refractivity contribution in [3.05, 3.63) is 24.3 Å². The van der Waals surface area contributed by atoms with Crippen LogP contribution < -0.4 is 15.2 Å². The largest absolute Gasteiger partial charge is 0.497 e. The molecule has 0 aliphatic heterocycles. The summed E-state index contributed by atoms with van der Waals surface area (Å²) in [5.41, 5.74) is 5.44. The van der Waals surface area contributed by atoms with Crippen LogP contribution in [0.4, 0.5) is 0 Å². The topological polar surface area (TPSA) is 61.5 Å². The number of nitrogens with two attached hydrogens (primary N) is 1. The quantitative estimate of drug-likeness (QED) is 0.796. The molecule has 17 heavy (non-hydrogen) atoms. The summed E-state index contributed by atoms with van der Waals surface area (Å²) in [7, 11) is 0.699.